The molecule has 1 unspecified atom stereocenters. The van der Waals surface area contributed by atoms with E-state index in [1.165, 1.54) is 0 Å². The highest BCUT2D eigenvalue weighted by Gasteiger charge is 2.21. The summed E-state index contributed by atoms with van der Waals surface area (Å²) in [7, 11) is -3.59. The Labute approximate surface area is 156 Å². The van der Waals surface area contributed by atoms with Crippen LogP contribution in [0.25, 0.3) is 0 Å². The number of anilines is 1. The lowest BCUT2D eigenvalue weighted by Gasteiger charge is -2.23. The molecule has 0 saturated heterocycles. The zero-order valence-electron chi connectivity index (χ0n) is 15.5. The van der Waals surface area contributed by atoms with E-state index in [9.17, 15) is 13.2 Å². The van der Waals surface area contributed by atoms with Gasteiger partial charge in [-0.3, -0.25) is 9.10 Å². The van der Waals surface area contributed by atoms with E-state index in [2.05, 4.69) is 19.2 Å². The van der Waals surface area contributed by atoms with Crippen molar-refractivity contribution < 1.29 is 13.2 Å². The standard InChI is InChI=1S/C18H29ClN2O3S/c1-5-7-8-15(6-2)12-20-18(22)13-21(25(4,23)24)16-10-9-14(3)17(19)11-16/h9-11,15H,5-8,12-13H2,1-4H3,(H,20,22). The zero-order chi connectivity index (χ0) is 19.0. The van der Waals surface area contributed by atoms with Gasteiger partial charge in [0.05, 0.1) is 11.9 Å². The maximum Gasteiger partial charge on any atom is 0.240 e. The third-order valence-corrected chi connectivity index (χ3v) is 5.81. The number of rotatable bonds is 10. The van der Waals surface area contributed by atoms with Crippen molar-refractivity contribution in [2.45, 2.75) is 46.5 Å². The van der Waals surface area contributed by atoms with Gasteiger partial charge in [0.2, 0.25) is 15.9 Å². The second-order valence-electron chi connectivity index (χ2n) is 6.42. The summed E-state index contributed by atoms with van der Waals surface area (Å²) in [5, 5.41) is 3.33. The lowest BCUT2D eigenvalue weighted by molar-refractivity contribution is -0.119. The Morgan fingerprint density at radius 2 is 2.00 bits per heavy atom. The van der Waals surface area contributed by atoms with Crippen LogP contribution in [0.15, 0.2) is 18.2 Å². The van der Waals surface area contributed by atoms with Gasteiger partial charge >= 0.3 is 0 Å². The number of carbonyl (C=O) groups excluding carboxylic acids is 1. The van der Waals surface area contributed by atoms with E-state index >= 15 is 0 Å². The number of amides is 1. The van der Waals surface area contributed by atoms with Crippen LogP contribution >= 0.6 is 11.6 Å². The number of aryl methyl sites for hydroxylation is 1. The van der Waals surface area contributed by atoms with Gasteiger partial charge in [-0.25, -0.2) is 8.42 Å². The highest BCUT2D eigenvalue weighted by molar-refractivity contribution is 7.92. The fourth-order valence-electron chi connectivity index (χ4n) is 2.52. The second kappa shape index (κ2) is 10.0. The van der Waals surface area contributed by atoms with E-state index in [1.54, 1.807) is 18.2 Å². The molecule has 0 aliphatic carbocycles. The first-order chi connectivity index (χ1) is 11.7. The van der Waals surface area contributed by atoms with Crippen molar-refractivity contribution in [3.63, 3.8) is 0 Å². The smallest absolute Gasteiger partial charge is 0.240 e. The Balaban J connectivity index is 2.79. The molecule has 25 heavy (non-hydrogen) atoms. The summed E-state index contributed by atoms with van der Waals surface area (Å²) in [5.41, 5.74) is 1.25. The molecule has 7 heteroatoms. The highest BCUT2D eigenvalue weighted by atomic mass is 35.5. The third-order valence-electron chi connectivity index (χ3n) is 4.26. The number of benzene rings is 1. The van der Waals surface area contributed by atoms with Gasteiger partial charge < -0.3 is 5.32 Å². The van der Waals surface area contributed by atoms with Crippen LogP contribution in [-0.2, 0) is 14.8 Å². The van der Waals surface area contributed by atoms with Crippen LogP contribution in [0.4, 0.5) is 5.69 Å². The van der Waals surface area contributed by atoms with Crippen molar-refractivity contribution in [3.8, 4) is 0 Å². The molecule has 0 aliphatic rings. The minimum atomic E-state index is -3.59. The van der Waals surface area contributed by atoms with Gasteiger partial charge in [0.25, 0.3) is 0 Å². The first-order valence-corrected chi connectivity index (χ1v) is 10.9. The van der Waals surface area contributed by atoms with Crippen LogP contribution in [-0.4, -0.2) is 33.7 Å². The van der Waals surface area contributed by atoms with Gasteiger partial charge in [-0.15, -0.1) is 0 Å². The molecule has 0 saturated carbocycles. The minimum absolute atomic E-state index is 0.248. The molecule has 0 fully saturated rings. The maximum absolute atomic E-state index is 12.3. The fraction of sp³-hybridized carbons (Fsp3) is 0.611. The van der Waals surface area contributed by atoms with E-state index in [0.29, 0.717) is 23.2 Å². The van der Waals surface area contributed by atoms with E-state index in [1.807, 2.05) is 6.92 Å². The molecule has 142 valence electrons. The van der Waals surface area contributed by atoms with Gasteiger partial charge in [0.1, 0.15) is 6.54 Å². The van der Waals surface area contributed by atoms with Gasteiger partial charge in [-0.2, -0.15) is 0 Å². The molecule has 0 spiro atoms. The molecule has 1 atom stereocenters. The van der Waals surface area contributed by atoms with Crippen LogP contribution in [0, 0.1) is 12.8 Å². The summed E-state index contributed by atoms with van der Waals surface area (Å²) in [6.45, 7) is 6.40. The number of carbonyl (C=O) groups is 1. The highest BCUT2D eigenvalue weighted by Crippen LogP contribution is 2.24. The molecule has 0 aliphatic heterocycles. The van der Waals surface area contributed by atoms with Crippen molar-refractivity contribution >= 4 is 33.2 Å². The maximum atomic E-state index is 12.3. The molecule has 0 bridgehead atoms. The lowest BCUT2D eigenvalue weighted by atomic mass is 9.99. The number of sulfonamides is 1. The Hall–Kier alpha value is -1.27. The second-order valence-corrected chi connectivity index (χ2v) is 8.74. The molecule has 1 aromatic rings. The molecule has 0 radical (unpaired) electrons. The molecule has 0 heterocycles. The van der Waals surface area contributed by atoms with Crippen LogP contribution in [0.3, 0.4) is 0 Å². The number of hydrogen-bond acceptors (Lipinski definition) is 3. The monoisotopic (exact) mass is 388 g/mol. The van der Waals surface area contributed by atoms with Gasteiger partial charge in [0, 0.05) is 11.6 Å². The van der Waals surface area contributed by atoms with Crippen molar-refractivity contribution in [3.05, 3.63) is 28.8 Å². The topological polar surface area (TPSA) is 66.5 Å². The molecule has 1 amide bonds. The van der Waals surface area contributed by atoms with Crippen LogP contribution in [0.1, 0.15) is 45.1 Å². The summed E-state index contributed by atoms with van der Waals surface area (Å²) in [4.78, 5) is 12.3. The van der Waals surface area contributed by atoms with Crippen LogP contribution in [0.5, 0.6) is 0 Å². The fourth-order valence-corrected chi connectivity index (χ4v) is 3.55. The minimum Gasteiger partial charge on any atom is -0.354 e. The van der Waals surface area contributed by atoms with Crippen molar-refractivity contribution in [1.82, 2.24) is 5.32 Å². The average Bonchev–Trinajstić information content (AvgIpc) is 2.54. The zero-order valence-corrected chi connectivity index (χ0v) is 17.1. The molecule has 1 N–H and O–H groups in total. The van der Waals surface area contributed by atoms with Gasteiger partial charge in [-0.05, 0) is 37.0 Å². The summed E-state index contributed by atoms with van der Waals surface area (Å²) in [6, 6.07) is 4.97. The summed E-state index contributed by atoms with van der Waals surface area (Å²) in [6.07, 6.45) is 5.40. The molecule has 5 nitrogen and oxygen atoms in total. The first-order valence-electron chi connectivity index (χ1n) is 8.69. The third kappa shape index (κ3) is 7.24. The summed E-state index contributed by atoms with van der Waals surface area (Å²) in [5.74, 6) is 0.112. The molecular formula is C18H29ClN2O3S. The Bertz CT molecular complexity index is 677. The van der Waals surface area contributed by atoms with E-state index in [4.69, 9.17) is 11.6 Å². The van der Waals surface area contributed by atoms with E-state index < -0.39 is 10.0 Å². The number of nitrogens with one attached hydrogen (secondary N) is 1. The van der Waals surface area contributed by atoms with Crippen molar-refractivity contribution in [1.29, 1.82) is 0 Å². The number of hydrogen-bond donors (Lipinski definition) is 1. The first kappa shape index (κ1) is 21.8. The number of unbranched alkanes of at least 4 members (excludes halogenated alkanes) is 1. The van der Waals surface area contributed by atoms with Crippen LogP contribution < -0.4 is 9.62 Å². The van der Waals surface area contributed by atoms with E-state index in [0.717, 1.165) is 41.8 Å². The average molecular weight is 389 g/mol. The Morgan fingerprint density at radius 3 is 2.52 bits per heavy atom. The number of halogens is 1. The lowest BCUT2D eigenvalue weighted by Crippen LogP contribution is -2.41. The molecular weight excluding hydrogens is 360 g/mol. The molecule has 0 aromatic heterocycles. The largest absolute Gasteiger partial charge is 0.354 e. The Kier molecular flexibility index (Phi) is 8.73. The summed E-state index contributed by atoms with van der Waals surface area (Å²) >= 11 is 6.09. The quantitative estimate of drug-likeness (QED) is 0.663. The predicted molar refractivity (Wildman–Crippen MR) is 105 cm³/mol. The normalized spacial score (nSPS) is 12.7. The van der Waals surface area contributed by atoms with Gasteiger partial charge in [-0.1, -0.05) is 50.8 Å². The molecule has 1 aromatic carbocycles. The van der Waals surface area contributed by atoms with Crippen molar-refractivity contribution in [2.75, 3.05) is 23.7 Å². The SMILES string of the molecule is CCCCC(CC)CNC(=O)CN(c1ccc(C)c(Cl)c1)S(C)(=O)=O. The molecule has 1 rings (SSSR count). The van der Waals surface area contributed by atoms with E-state index in [-0.39, 0.29) is 12.5 Å². The van der Waals surface area contributed by atoms with Gasteiger partial charge in [0.15, 0.2) is 0 Å². The number of nitrogens with zero attached hydrogens (tertiary/aromatic N) is 1. The van der Waals surface area contributed by atoms with Crippen LogP contribution in [0.2, 0.25) is 5.02 Å². The van der Waals surface area contributed by atoms with Crippen molar-refractivity contribution in [2.24, 2.45) is 5.92 Å². The summed E-state index contributed by atoms with van der Waals surface area (Å²) < 4.78 is 25.3. The predicted octanol–water partition coefficient (Wildman–Crippen LogP) is 3.75. The Morgan fingerprint density at radius 1 is 1.32 bits per heavy atom.